The molecular formula is C15H23NO4. The summed E-state index contributed by atoms with van der Waals surface area (Å²) in [7, 11) is 3.26. The number of nitrogens with two attached hydrogens (primary N) is 1. The Morgan fingerprint density at radius 2 is 2.00 bits per heavy atom. The van der Waals surface area contributed by atoms with Gasteiger partial charge in [0, 0.05) is 6.42 Å². The van der Waals surface area contributed by atoms with E-state index in [0.29, 0.717) is 13.2 Å². The molecule has 0 saturated carbocycles. The van der Waals surface area contributed by atoms with Crippen molar-refractivity contribution in [3.05, 3.63) is 23.8 Å². The predicted octanol–water partition coefficient (Wildman–Crippen LogP) is 2.25. The van der Waals surface area contributed by atoms with Crippen LogP contribution in [0.2, 0.25) is 0 Å². The smallest absolute Gasteiger partial charge is 0.161 e. The van der Waals surface area contributed by atoms with Gasteiger partial charge in [0.25, 0.3) is 0 Å². The Morgan fingerprint density at radius 1 is 1.20 bits per heavy atom. The van der Waals surface area contributed by atoms with E-state index in [1.807, 2.05) is 18.2 Å². The van der Waals surface area contributed by atoms with Crippen LogP contribution in [0.5, 0.6) is 11.5 Å². The van der Waals surface area contributed by atoms with Crippen LogP contribution < -0.4 is 15.2 Å². The van der Waals surface area contributed by atoms with Gasteiger partial charge in [0.15, 0.2) is 17.8 Å². The molecule has 1 aliphatic heterocycles. The molecule has 0 unspecified atom stereocenters. The van der Waals surface area contributed by atoms with Gasteiger partial charge in [-0.2, -0.15) is 0 Å². The highest BCUT2D eigenvalue weighted by Gasteiger charge is 2.27. The zero-order valence-electron chi connectivity index (χ0n) is 12.1. The van der Waals surface area contributed by atoms with E-state index in [-0.39, 0.29) is 12.4 Å². The molecule has 0 spiro atoms. The van der Waals surface area contributed by atoms with Gasteiger partial charge in [-0.25, -0.2) is 0 Å². The molecule has 1 heterocycles. The lowest BCUT2D eigenvalue weighted by atomic mass is 10.1. The Balaban J connectivity index is 1.95. The minimum atomic E-state index is -0.125. The third-order valence-corrected chi connectivity index (χ3v) is 3.41. The summed E-state index contributed by atoms with van der Waals surface area (Å²) in [6.45, 7) is 1.30. The fraction of sp³-hybridized carbons (Fsp3) is 0.600. The SMILES string of the molecule is COc1ccc([C@H]2CC[C@@H](OCCCN)O2)cc1OC. The van der Waals surface area contributed by atoms with E-state index in [1.54, 1.807) is 14.2 Å². The Bertz CT molecular complexity index is 424. The van der Waals surface area contributed by atoms with Gasteiger partial charge in [0.05, 0.1) is 26.9 Å². The van der Waals surface area contributed by atoms with Crippen LogP contribution in [-0.2, 0) is 9.47 Å². The van der Waals surface area contributed by atoms with Crippen LogP contribution in [0.4, 0.5) is 0 Å². The Labute approximate surface area is 120 Å². The highest BCUT2D eigenvalue weighted by Crippen LogP contribution is 2.37. The molecule has 1 fully saturated rings. The molecule has 0 aromatic heterocycles. The molecule has 5 heteroatoms. The van der Waals surface area contributed by atoms with Crippen LogP contribution in [0.1, 0.15) is 30.9 Å². The molecular weight excluding hydrogens is 258 g/mol. The standard InChI is InChI=1S/C15H23NO4/c1-17-13-5-4-11(10-14(13)18-2)12-6-7-15(20-12)19-9-3-8-16/h4-5,10,12,15H,3,6-9,16H2,1-2H3/t12-,15+/m1/s1. The molecule has 0 bridgehead atoms. The van der Waals surface area contributed by atoms with Gasteiger partial charge in [-0.3, -0.25) is 0 Å². The summed E-state index contributed by atoms with van der Waals surface area (Å²) in [4.78, 5) is 0. The van der Waals surface area contributed by atoms with Crippen LogP contribution >= 0.6 is 0 Å². The minimum absolute atomic E-state index is 0.0534. The fourth-order valence-corrected chi connectivity index (χ4v) is 2.33. The molecule has 1 aromatic rings. The number of ether oxygens (including phenoxy) is 4. The van der Waals surface area contributed by atoms with Crippen molar-refractivity contribution in [2.75, 3.05) is 27.4 Å². The Hall–Kier alpha value is -1.30. The van der Waals surface area contributed by atoms with Crippen molar-refractivity contribution >= 4 is 0 Å². The molecule has 0 aliphatic carbocycles. The van der Waals surface area contributed by atoms with Crippen molar-refractivity contribution in [1.82, 2.24) is 0 Å². The maximum Gasteiger partial charge on any atom is 0.161 e. The van der Waals surface area contributed by atoms with Crippen LogP contribution in [0.15, 0.2) is 18.2 Å². The van der Waals surface area contributed by atoms with E-state index in [4.69, 9.17) is 24.7 Å². The van der Waals surface area contributed by atoms with E-state index < -0.39 is 0 Å². The second-order valence-corrected chi connectivity index (χ2v) is 4.76. The molecule has 2 rings (SSSR count). The third kappa shape index (κ3) is 3.62. The second kappa shape index (κ2) is 7.47. The first-order valence-electron chi connectivity index (χ1n) is 6.97. The topological polar surface area (TPSA) is 62.9 Å². The summed E-state index contributed by atoms with van der Waals surface area (Å²) in [6, 6.07) is 5.88. The summed E-state index contributed by atoms with van der Waals surface area (Å²) < 4.78 is 22.1. The first kappa shape index (κ1) is 15.1. The van der Waals surface area contributed by atoms with E-state index >= 15 is 0 Å². The van der Waals surface area contributed by atoms with Crippen molar-refractivity contribution in [3.63, 3.8) is 0 Å². The lowest BCUT2D eigenvalue weighted by Gasteiger charge is -2.16. The average molecular weight is 281 g/mol. The fourth-order valence-electron chi connectivity index (χ4n) is 2.33. The molecule has 2 N–H and O–H groups in total. The molecule has 5 nitrogen and oxygen atoms in total. The van der Waals surface area contributed by atoms with Gasteiger partial charge < -0.3 is 24.7 Å². The van der Waals surface area contributed by atoms with E-state index in [2.05, 4.69) is 0 Å². The summed E-state index contributed by atoms with van der Waals surface area (Å²) in [5.74, 6) is 1.45. The van der Waals surface area contributed by atoms with Gasteiger partial charge >= 0.3 is 0 Å². The monoisotopic (exact) mass is 281 g/mol. The number of hydrogen-bond acceptors (Lipinski definition) is 5. The van der Waals surface area contributed by atoms with Crippen molar-refractivity contribution in [3.8, 4) is 11.5 Å². The molecule has 1 aromatic carbocycles. The molecule has 0 amide bonds. The summed E-state index contributed by atoms with van der Waals surface area (Å²) in [5.41, 5.74) is 6.53. The number of benzene rings is 1. The zero-order chi connectivity index (χ0) is 14.4. The Morgan fingerprint density at radius 3 is 2.70 bits per heavy atom. The van der Waals surface area contributed by atoms with E-state index in [0.717, 1.165) is 36.3 Å². The predicted molar refractivity (Wildman–Crippen MR) is 76.0 cm³/mol. The quantitative estimate of drug-likeness (QED) is 0.777. The molecule has 112 valence electrons. The van der Waals surface area contributed by atoms with Crippen molar-refractivity contribution < 1.29 is 18.9 Å². The zero-order valence-corrected chi connectivity index (χ0v) is 12.1. The van der Waals surface area contributed by atoms with Gasteiger partial charge in [0.1, 0.15) is 0 Å². The first-order chi connectivity index (χ1) is 9.78. The van der Waals surface area contributed by atoms with Crippen molar-refractivity contribution in [2.24, 2.45) is 5.73 Å². The first-order valence-corrected chi connectivity index (χ1v) is 6.97. The van der Waals surface area contributed by atoms with Gasteiger partial charge in [-0.15, -0.1) is 0 Å². The minimum Gasteiger partial charge on any atom is -0.493 e. The van der Waals surface area contributed by atoms with Gasteiger partial charge in [0.2, 0.25) is 0 Å². The molecule has 0 radical (unpaired) electrons. The molecule has 20 heavy (non-hydrogen) atoms. The number of rotatable bonds is 7. The lowest BCUT2D eigenvalue weighted by Crippen LogP contribution is -2.14. The number of hydrogen-bond donors (Lipinski definition) is 1. The van der Waals surface area contributed by atoms with E-state index in [9.17, 15) is 0 Å². The molecule has 2 atom stereocenters. The second-order valence-electron chi connectivity index (χ2n) is 4.76. The van der Waals surface area contributed by atoms with Crippen LogP contribution in [-0.4, -0.2) is 33.7 Å². The van der Waals surface area contributed by atoms with Crippen LogP contribution in [0.3, 0.4) is 0 Å². The normalized spacial score (nSPS) is 21.9. The maximum atomic E-state index is 5.91. The maximum absolute atomic E-state index is 5.91. The van der Waals surface area contributed by atoms with Crippen LogP contribution in [0.25, 0.3) is 0 Å². The average Bonchev–Trinajstić information content (AvgIpc) is 2.95. The summed E-state index contributed by atoms with van der Waals surface area (Å²) in [6.07, 6.45) is 2.64. The van der Waals surface area contributed by atoms with Gasteiger partial charge in [-0.1, -0.05) is 6.07 Å². The Kier molecular flexibility index (Phi) is 5.64. The summed E-state index contributed by atoms with van der Waals surface area (Å²) in [5, 5.41) is 0. The van der Waals surface area contributed by atoms with E-state index in [1.165, 1.54) is 0 Å². The van der Waals surface area contributed by atoms with Gasteiger partial charge in [-0.05, 0) is 37.1 Å². The van der Waals surface area contributed by atoms with Crippen molar-refractivity contribution in [2.45, 2.75) is 31.7 Å². The number of methoxy groups -OCH3 is 2. The third-order valence-electron chi connectivity index (χ3n) is 3.41. The highest BCUT2D eigenvalue weighted by molar-refractivity contribution is 5.43. The summed E-state index contributed by atoms with van der Waals surface area (Å²) >= 11 is 0. The molecule has 1 saturated heterocycles. The largest absolute Gasteiger partial charge is 0.493 e. The van der Waals surface area contributed by atoms with Crippen LogP contribution in [0, 0.1) is 0 Å². The highest BCUT2D eigenvalue weighted by atomic mass is 16.7. The molecule has 1 aliphatic rings. The van der Waals surface area contributed by atoms with Crippen molar-refractivity contribution in [1.29, 1.82) is 0 Å². The lowest BCUT2D eigenvalue weighted by molar-refractivity contribution is -0.134.